The maximum atomic E-state index is 5.54. The van der Waals surface area contributed by atoms with Gasteiger partial charge in [-0.15, -0.1) is 0 Å². The van der Waals surface area contributed by atoms with Crippen LogP contribution in [0.5, 0.6) is 0 Å². The fourth-order valence-corrected chi connectivity index (χ4v) is 1.84. The molecule has 2 unspecified atom stereocenters. The topological polar surface area (TPSA) is 50.9 Å². The Labute approximate surface area is 91.1 Å². The van der Waals surface area contributed by atoms with Crippen LogP contribution in [0.15, 0.2) is 18.3 Å². The molecule has 0 radical (unpaired) electrons. The van der Waals surface area contributed by atoms with Gasteiger partial charge in [-0.1, -0.05) is 6.92 Å². The minimum atomic E-state index is 0.521. The van der Waals surface area contributed by atoms with Crippen molar-refractivity contribution in [1.29, 1.82) is 0 Å². The average Bonchev–Trinajstić information content (AvgIpc) is 2.95. The van der Waals surface area contributed by atoms with Crippen molar-refractivity contribution < 1.29 is 0 Å². The number of nitrogens with zero attached hydrogens (tertiary/aromatic N) is 1. The molecule has 1 aromatic heterocycles. The van der Waals surface area contributed by atoms with E-state index >= 15 is 0 Å². The van der Waals surface area contributed by atoms with Gasteiger partial charge in [-0.05, 0) is 42.5 Å². The summed E-state index contributed by atoms with van der Waals surface area (Å²) >= 11 is 0. The van der Waals surface area contributed by atoms with Gasteiger partial charge in [-0.25, -0.2) is 0 Å². The van der Waals surface area contributed by atoms with Gasteiger partial charge in [-0.3, -0.25) is 4.98 Å². The van der Waals surface area contributed by atoms with E-state index in [4.69, 9.17) is 5.73 Å². The van der Waals surface area contributed by atoms with Gasteiger partial charge >= 0.3 is 0 Å². The Morgan fingerprint density at radius 1 is 1.60 bits per heavy atom. The summed E-state index contributed by atoms with van der Waals surface area (Å²) in [5.74, 6) is 1.83. The largest absolute Gasteiger partial charge is 0.325 e. The summed E-state index contributed by atoms with van der Waals surface area (Å²) in [5, 5.41) is 3.48. The Kier molecular flexibility index (Phi) is 3.34. The van der Waals surface area contributed by atoms with Crippen molar-refractivity contribution in [2.24, 2.45) is 17.6 Å². The van der Waals surface area contributed by atoms with E-state index in [0.717, 1.165) is 30.6 Å². The zero-order valence-corrected chi connectivity index (χ0v) is 9.24. The molecule has 1 heterocycles. The minimum Gasteiger partial charge on any atom is -0.325 e. The van der Waals surface area contributed by atoms with Crippen LogP contribution < -0.4 is 11.1 Å². The van der Waals surface area contributed by atoms with Crippen molar-refractivity contribution in [2.75, 3.05) is 6.54 Å². The summed E-state index contributed by atoms with van der Waals surface area (Å²) in [6.07, 6.45) is 3.22. The van der Waals surface area contributed by atoms with Gasteiger partial charge < -0.3 is 11.1 Å². The molecule has 3 heteroatoms. The summed E-state index contributed by atoms with van der Waals surface area (Å²) in [6, 6.07) is 4.12. The second kappa shape index (κ2) is 4.73. The molecule has 0 aromatic carbocycles. The van der Waals surface area contributed by atoms with E-state index in [1.165, 1.54) is 12.0 Å². The lowest BCUT2D eigenvalue weighted by Gasteiger charge is -2.05. The molecule has 15 heavy (non-hydrogen) atoms. The lowest BCUT2D eigenvalue weighted by molar-refractivity contribution is 0.611. The predicted octanol–water partition coefficient (Wildman–Crippen LogP) is 1.29. The SMILES string of the molecule is CC1CC1CNCc1ccnc(CN)c1. The number of hydrogen-bond acceptors (Lipinski definition) is 3. The fourth-order valence-electron chi connectivity index (χ4n) is 1.84. The van der Waals surface area contributed by atoms with Gasteiger partial charge in [0.25, 0.3) is 0 Å². The molecule has 3 nitrogen and oxygen atoms in total. The second-order valence-corrected chi connectivity index (χ2v) is 4.46. The number of aromatic nitrogens is 1. The van der Waals surface area contributed by atoms with Crippen LogP contribution in [0, 0.1) is 11.8 Å². The Morgan fingerprint density at radius 3 is 3.07 bits per heavy atom. The van der Waals surface area contributed by atoms with Gasteiger partial charge in [-0.2, -0.15) is 0 Å². The number of nitrogens with one attached hydrogen (secondary N) is 1. The minimum absolute atomic E-state index is 0.521. The third-order valence-electron chi connectivity index (χ3n) is 3.10. The van der Waals surface area contributed by atoms with E-state index in [2.05, 4.69) is 23.3 Å². The monoisotopic (exact) mass is 205 g/mol. The van der Waals surface area contributed by atoms with Crippen LogP contribution in [0.3, 0.4) is 0 Å². The highest BCUT2D eigenvalue weighted by atomic mass is 14.9. The highest BCUT2D eigenvalue weighted by molar-refractivity contribution is 5.16. The highest BCUT2D eigenvalue weighted by Crippen LogP contribution is 2.36. The molecule has 1 aliphatic carbocycles. The predicted molar refractivity (Wildman–Crippen MR) is 61.1 cm³/mol. The van der Waals surface area contributed by atoms with E-state index in [-0.39, 0.29) is 0 Å². The van der Waals surface area contributed by atoms with Crippen molar-refractivity contribution in [3.63, 3.8) is 0 Å². The van der Waals surface area contributed by atoms with Crippen molar-refractivity contribution in [3.05, 3.63) is 29.6 Å². The van der Waals surface area contributed by atoms with Crippen LogP contribution in [-0.2, 0) is 13.1 Å². The van der Waals surface area contributed by atoms with Crippen LogP contribution in [-0.4, -0.2) is 11.5 Å². The Balaban J connectivity index is 1.77. The second-order valence-electron chi connectivity index (χ2n) is 4.46. The molecule has 1 saturated carbocycles. The maximum Gasteiger partial charge on any atom is 0.0542 e. The van der Waals surface area contributed by atoms with Crippen LogP contribution in [0.1, 0.15) is 24.6 Å². The summed E-state index contributed by atoms with van der Waals surface area (Å²) in [5.41, 5.74) is 7.78. The van der Waals surface area contributed by atoms with Crippen molar-refractivity contribution >= 4 is 0 Å². The number of pyridine rings is 1. The van der Waals surface area contributed by atoms with Gasteiger partial charge in [0, 0.05) is 19.3 Å². The third-order valence-corrected chi connectivity index (χ3v) is 3.10. The molecule has 3 N–H and O–H groups in total. The molecular weight excluding hydrogens is 186 g/mol. The first-order chi connectivity index (χ1) is 7.29. The van der Waals surface area contributed by atoms with E-state index in [1.54, 1.807) is 0 Å². The summed E-state index contributed by atoms with van der Waals surface area (Å²) < 4.78 is 0. The number of nitrogens with two attached hydrogens (primary N) is 1. The number of rotatable bonds is 5. The molecular formula is C12H19N3. The van der Waals surface area contributed by atoms with Crippen molar-refractivity contribution in [1.82, 2.24) is 10.3 Å². The highest BCUT2D eigenvalue weighted by Gasteiger charge is 2.31. The lowest BCUT2D eigenvalue weighted by Crippen LogP contribution is -2.17. The van der Waals surface area contributed by atoms with E-state index < -0.39 is 0 Å². The molecule has 82 valence electrons. The molecule has 0 amide bonds. The van der Waals surface area contributed by atoms with Crippen LogP contribution in [0.2, 0.25) is 0 Å². The molecule has 0 spiro atoms. The molecule has 0 saturated heterocycles. The molecule has 0 aliphatic heterocycles. The zero-order chi connectivity index (χ0) is 10.7. The summed E-state index contributed by atoms with van der Waals surface area (Å²) in [7, 11) is 0. The quantitative estimate of drug-likeness (QED) is 0.761. The van der Waals surface area contributed by atoms with E-state index in [1.807, 2.05) is 12.3 Å². The van der Waals surface area contributed by atoms with E-state index in [9.17, 15) is 0 Å². The van der Waals surface area contributed by atoms with Crippen molar-refractivity contribution in [2.45, 2.75) is 26.4 Å². The fraction of sp³-hybridized carbons (Fsp3) is 0.583. The molecule has 1 aliphatic rings. The molecule has 2 rings (SSSR count). The first-order valence-corrected chi connectivity index (χ1v) is 5.64. The smallest absolute Gasteiger partial charge is 0.0542 e. The third kappa shape index (κ3) is 3.01. The van der Waals surface area contributed by atoms with Gasteiger partial charge in [0.1, 0.15) is 0 Å². The van der Waals surface area contributed by atoms with E-state index in [0.29, 0.717) is 6.54 Å². The summed E-state index contributed by atoms with van der Waals surface area (Å²) in [6.45, 7) is 4.90. The molecule has 2 atom stereocenters. The maximum absolute atomic E-state index is 5.54. The molecule has 1 aromatic rings. The van der Waals surface area contributed by atoms with Crippen LogP contribution in [0.25, 0.3) is 0 Å². The first-order valence-electron chi connectivity index (χ1n) is 5.64. The average molecular weight is 205 g/mol. The van der Waals surface area contributed by atoms with Gasteiger partial charge in [0.2, 0.25) is 0 Å². The lowest BCUT2D eigenvalue weighted by atomic mass is 10.2. The summed E-state index contributed by atoms with van der Waals surface area (Å²) in [4.78, 5) is 4.17. The van der Waals surface area contributed by atoms with Crippen molar-refractivity contribution in [3.8, 4) is 0 Å². The van der Waals surface area contributed by atoms with Crippen LogP contribution in [0.4, 0.5) is 0 Å². The van der Waals surface area contributed by atoms with Gasteiger partial charge in [0.05, 0.1) is 5.69 Å². The Morgan fingerprint density at radius 2 is 2.40 bits per heavy atom. The Hall–Kier alpha value is -0.930. The zero-order valence-electron chi connectivity index (χ0n) is 9.24. The van der Waals surface area contributed by atoms with Gasteiger partial charge in [0.15, 0.2) is 0 Å². The van der Waals surface area contributed by atoms with Crippen LogP contribution >= 0.6 is 0 Å². The normalized spacial score (nSPS) is 24.1. The number of hydrogen-bond donors (Lipinski definition) is 2. The molecule has 0 bridgehead atoms. The Bertz CT molecular complexity index is 324. The standard InChI is InChI=1S/C12H19N3/c1-9-4-11(9)8-14-7-10-2-3-15-12(5-10)6-13/h2-3,5,9,11,14H,4,6-8,13H2,1H3. The first kappa shape index (κ1) is 10.6. The molecule has 1 fully saturated rings.